The molecule has 1 aromatic carbocycles. The number of carbonyl (C=O) groups excluding carboxylic acids is 1. The Hall–Kier alpha value is -2.12. The third-order valence-electron chi connectivity index (χ3n) is 2.75. The third kappa shape index (κ3) is 3.75. The van der Waals surface area contributed by atoms with Gasteiger partial charge < -0.3 is 9.15 Å². The molecule has 1 amide bonds. The van der Waals surface area contributed by atoms with Gasteiger partial charge in [-0.15, -0.1) is 11.3 Å². The van der Waals surface area contributed by atoms with E-state index in [9.17, 15) is 4.79 Å². The van der Waals surface area contributed by atoms with E-state index in [1.165, 1.54) is 11.3 Å². The van der Waals surface area contributed by atoms with Crippen LogP contribution in [0.2, 0.25) is 0 Å². The summed E-state index contributed by atoms with van der Waals surface area (Å²) in [4.78, 5) is 16.0. The van der Waals surface area contributed by atoms with Crippen molar-refractivity contribution in [1.29, 1.82) is 0 Å². The normalized spacial score (nSPS) is 10.4. The zero-order valence-electron chi connectivity index (χ0n) is 11.3. The highest BCUT2D eigenvalue weighted by Gasteiger charge is 2.11. The van der Waals surface area contributed by atoms with Crippen molar-refractivity contribution in [3.8, 4) is 11.5 Å². The Balaban J connectivity index is 1.57. The second-order valence-electron chi connectivity index (χ2n) is 4.33. The van der Waals surface area contributed by atoms with E-state index < -0.39 is 6.09 Å². The molecule has 3 aromatic rings. The second-order valence-corrected chi connectivity index (χ2v) is 5.97. The van der Waals surface area contributed by atoms with Gasteiger partial charge in [-0.1, -0.05) is 30.3 Å². The molecule has 0 atom stereocenters. The van der Waals surface area contributed by atoms with E-state index in [2.05, 4.69) is 26.2 Å². The van der Waals surface area contributed by atoms with E-state index in [1.807, 2.05) is 30.3 Å². The summed E-state index contributed by atoms with van der Waals surface area (Å²) >= 11 is 4.54. The zero-order chi connectivity index (χ0) is 15.4. The molecule has 0 bridgehead atoms. The number of amides is 1. The van der Waals surface area contributed by atoms with Gasteiger partial charge in [-0.25, -0.2) is 9.78 Å². The maximum atomic E-state index is 11.7. The van der Waals surface area contributed by atoms with Crippen LogP contribution in [0.3, 0.4) is 0 Å². The van der Waals surface area contributed by atoms with Gasteiger partial charge in [0.2, 0.25) is 0 Å². The predicted octanol–water partition coefficient (Wildman–Crippen LogP) is 4.91. The van der Waals surface area contributed by atoms with Crippen molar-refractivity contribution in [2.45, 2.75) is 6.61 Å². The van der Waals surface area contributed by atoms with E-state index in [0.717, 1.165) is 5.56 Å². The molecular formula is C15H11BrN2O3S. The van der Waals surface area contributed by atoms with E-state index in [0.29, 0.717) is 21.3 Å². The molecule has 0 aliphatic heterocycles. The molecule has 3 rings (SSSR count). The molecule has 0 aliphatic rings. The van der Waals surface area contributed by atoms with Crippen LogP contribution in [0.25, 0.3) is 11.5 Å². The van der Waals surface area contributed by atoms with E-state index in [1.54, 1.807) is 17.5 Å². The van der Waals surface area contributed by atoms with Gasteiger partial charge in [0.1, 0.15) is 12.3 Å². The number of hydrogen-bond donors (Lipinski definition) is 1. The van der Waals surface area contributed by atoms with Crippen LogP contribution in [0, 0.1) is 0 Å². The average molecular weight is 379 g/mol. The van der Waals surface area contributed by atoms with Crippen LogP contribution in [-0.4, -0.2) is 11.1 Å². The van der Waals surface area contributed by atoms with Gasteiger partial charge >= 0.3 is 6.09 Å². The molecule has 0 saturated carbocycles. The molecule has 0 aliphatic carbocycles. The fourth-order valence-electron chi connectivity index (χ4n) is 1.74. The molecule has 0 unspecified atom stereocenters. The van der Waals surface area contributed by atoms with Crippen LogP contribution in [-0.2, 0) is 11.3 Å². The molecule has 5 nitrogen and oxygen atoms in total. The molecule has 0 fully saturated rings. The topological polar surface area (TPSA) is 64.4 Å². The number of anilines is 1. The monoisotopic (exact) mass is 378 g/mol. The number of rotatable bonds is 4. The highest BCUT2D eigenvalue weighted by atomic mass is 79.9. The molecule has 1 N–H and O–H groups in total. The SMILES string of the molecule is O=C(Nc1nc(-c2ccc(Br)o2)cs1)OCc1ccccc1. The first-order valence-corrected chi connectivity index (χ1v) is 8.07. The molecule has 2 heterocycles. The molecule has 22 heavy (non-hydrogen) atoms. The third-order valence-corrected chi connectivity index (χ3v) is 3.94. The lowest BCUT2D eigenvalue weighted by atomic mass is 10.2. The van der Waals surface area contributed by atoms with E-state index in [4.69, 9.17) is 9.15 Å². The van der Waals surface area contributed by atoms with Gasteiger partial charge in [-0.2, -0.15) is 0 Å². The van der Waals surface area contributed by atoms with Crippen LogP contribution in [0.4, 0.5) is 9.93 Å². The molecule has 0 spiro atoms. The fourth-order valence-corrected chi connectivity index (χ4v) is 2.73. The van der Waals surface area contributed by atoms with Gasteiger partial charge in [0, 0.05) is 5.38 Å². The van der Waals surface area contributed by atoms with Crippen molar-refractivity contribution in [2.24, 2.45) is 0 Å². The Morgan fingerprint density at radius 1 is 1.27 bits per heavy atom. The van der Waals surface area contributed by atoms with Crippen molar-refractivity contribution in [2.75, 3.05) is 5.32 Å². The fraction of sp³-hybridized carbons (Fsp3) is 0.0667. The van der Waals surface area contributed by atoms with Crippen LogP contribution in [0.1, 0.15) is 5.56 Å². The molecular weight excluding hydrogens is 368 g/mol. The summed E-state index contributed by atoms with van der Waals surface area (Å²) in [6, 6.07) is 13.1. The Bertz CT molecular complexity index is 770. The van der Waals surface area contributed by atoms with E-state index in [-0.39, 0.29) is 6.61 Å². The number of nitrogens with zero attached hydrogens (tertiary/aromatic N) is 1. The lowest BCUT2D eigenvalue weighted by Gasteiger charge is -2.04. The van der Waals surface area contributed by atoms with Crippen LogP contribution in [0.15, 0.2) is 56.9 Å². The molecule has 0 radical (unpaired) electrons. The molecule has 2 aromatic heterocycles. The molecule has 7 heteroatoms. The number of carbonyl (C=O) groups is 1. The number of ether oxygens (including phenoxy) is 1. The highest BCUT2D eigenvalue weighted by molar-refractivity contribution is 9.10. The molecule has 112 valence electrons. The number of halogens is 1. The summed E-state index contributed by atoms with van der Waals surface area (Å²) in [5, 5.41) is 4.86. The number of aromatic nitrogens is 1. The summed E-state index contributed by atoms with van der Waals surface area (Å²) in [7, 11) is 0. The van der Waals surface area contributed by atoms with Crippen molar-refractivity contribution >= 4 is 38.5 Å². The average Bonchev–Trinajstić information content (AvgIpc) is 3.15. The maximum absolute atomic E-state index is 11.7. The quantitative estimate of drug-likeness (QED) is 0.699. The van der Waals surface area contributed by atoms with Crippen molar-refractivity contribution in [1.82, 2.24) is 4.98 Å². The minimum atomic E-state index is -0.537. The Labute approximate surface area is 139 Å². The van der Waals surface area contributed by atoms with Crippen molar-refractivity contribution in [3.63, 3.8) is 0 Å². The largest absolute Gasteiger partial charge is 0.448 e. The number of benzene rings is 1. The number of furan rings is 1. The summed E-state index contributed by atoms with van der Waals surface area (Å²) in [5.74, 6) is 0.633. The Morgan fingerprint density at radius 2 is 2.09 bits per heavy atom. The van der Waals surface area contributed by atoms with Crippen LogP contribution in [0.5, 0.6) is 0 Å². The number of thiazole rings is 1. The zero-order valence-corrected chi connectivity index (χ0v) is 13.7. The Morgan fingerprint density at radius 3 is 2.82 bits per heavy atom. The minimum absolute atomic E-state index is 0.218. The van der Waals surface area contributed by atoms with Gasteiger partial charge in [0.15, 0.2) is 15.6 Å². The van der Waals surface area contributed by atoms with Crippen molar-refractivity contribution in [3.05, 3.63) is 58.1 Å². The van der Waals surface area contributed by atoms with Gasteiger partial charge in [0.05, 0.1) is 0 Å². The highest BCUT2D eigenvalue weighted by Crippen LogP contribution is 2.28. The van der Waals surface area contributed by atoms with Gasteiger partial charge in [-0.3, -0.25) is 5.32 Å². The van der Waals surface area contributed by atoms with Crippen LogP contribution >= 0.6 is 27.3 Å². The van der Waals surface area contributed by atoms with E-state index >= 15 is 0 Å². The van der Waals surface area contributed by atoms with Crippen molar-refractivity contribution < 1.29 is 13.9 Å². The van der Waals surface area contributed by atoms with Gasteiger partial charge in [-0.05, 0) is 33.6 Å². The summed E-state index contributed by atoms with van der Waals surface area (Å²) in [6.07, 6.45) is -0.537. The Kier molecular flexibility index (Phi) is 4.55. The lowest BCUT2D eigenvalue weighted by Crippen LogP contribution is -2.13. The second kappa shape index (κ2) is 6.76. The lowest BCUT2D eigenvalue weighted by molar-refractivity contribution is 0.155. The standard InChI is InChI=1S/C15H11BrN2O3S/c16-13-7-6-12(21-13)11-9-22-14(17-11)18-15(19)20-8-10-4-2-1-3-5-10/h1-7,9H,8H2,(H,17,18,19). The first kappa shape index (κ1) is 14.8. The first-order valence-electron chi connectivity index (χ1n) is 6.39. The van der Waals surface area contributed by atoms with Gasteiger partial charge in [0.25, 0.3) is 0 Å². The van der Waals surface area contributed by atoms with Crippen LogP contribution < -0.4 is 5.32 Å². The predicted molar refractivity (Wildman–Crippen MR) is 87.8 cm³/mol. The number of nitrogens with one attached hydrogen (secondary N) is 1. The molecule has 0 saturated heterocycles. The minimum Gasteiger partial charge on any atom is -0.448 e. The maximum Gasteiger partial charge on any atom is 0.413 e. The summed E-state index contributed by atoms with van der Waals surface area (Å²) in [5.41, 5.74) is 1.59. The number of hydrogen-bond acceptors (Lipinski definition) is 5. The first-order chi connectivity index (χ1) is 10.7. The summed E-state index contributed by atoms with van der Waals surface area (Å²) in [6.45, 7) is 0.218. The summed E-state index contributed by atoms with van der Waals surface area (Å²) < 4.78 is 11.2. The smallest absolute Gasteiger partial charge is 0.413 e.